The average molecular weight is 475 g/mol. The first-order valence-corrected chi connectivity index (χ1v) is 10.7. The lowest BCUT2D eigenvalue weighted by atomic mass is 9.90. The summed E-state index contributed by atoms with van der Waals surface area (Å²) < 4.78 is 6.10. The van der Waals surface area contributed by atoms with Gasteiger partial charge in [-0.15, -0.1) is 0 Å². The van der Waals surface area contributed by atoms with Gasteiger partial charge in [0.15, 0.2) is 0 Å². The Bertz CT molecular complexity index is 1220. The van der Waals surface area contributed by atoms with Gasteiger partial charge in [-0.1, -0.05) is 46.9 Å². The molecule has 3 aromatic rings. The van der Waals surface area contributed by atoms with Gasteiger partial charge in [0, 0.05) is 26.7 Å². The van der Waals surface area contributed by atoms with Crippen molar-refractivity contribution < 1.29 is 14.6 Å². The van der Waals surface area contributed by atoms with Gasteiger partial charge in [0.25, 0.3) is 0 Å². The van der Waals surface area contributed by atoms with Crippen molar-refractivity contribution in [1.29, 1.82) is 0 Å². The van der Waals surface area contributed by atoms with Crippen LogP contribution in [0.3, 0.4) is 0 Å². The highest BCUT2D eigenvalue weighted by atomic mass is 35.5. The van der Waals surface area contributed by atoms with Crippen LogP contribution in [0.2, 0.25) is 15.1 Å². The van der Waals surface area contributed by atoms with Crippen molar-refractivity contribution in [3.05, 3.63) is 75.2 Å². The minimum Gasteiger partial charge on any atom is -0.481 e. The third-order valence-electron chi connectivity index (χ3n) is 4.90. The van der Waals surface area contributed by atoms with E-state index < -0.39 is 11.6 Å². The fourth-order valence-electron chi connectivity index (χ4n) is 3.63. The Balaban J connectivity index is 2.00. The fraction of sp³-hybridized carbons (Fsp3) is 0.167. The van der Waals surface area contributed by atoms with Crippen molar-refractivity contribution in [2.75, 3.05) is 0 Å². The molecule has 0 atom stereocenters. The molecule has 0 unspecified atom stereocenters. The molecule has 0 saturated heterocycles. The molecule has 0 aliphatic carbocycles. The molecule has 1 aliphatic rings. The van der Waals surface area contributed by atoms with Gasteiger partial charge < -0.3 is 9.84 Å². The molecule has 0 fully saturated rings. The largest absolute Gasteiger partial charge is 0.481 e. The van der Waals surface area contributed by atoms with E-state index in [1.807, 2.05) is 38.1 Å². The van der Waals surface area contributed by atoms with Crippen LogP contribution in [0.1, 0.15) is 25.8 Å². The maximum absolute atomic E-state index is 11.5. The molecule has 1 N–H and O–H groups in total. The molecule has 0 saturated carbocycles. The summed E-state index contributed by atoms with van der Waals surface area (Å²) in [6, 6.07) is 14.5. The van der Waals surface area contributed by atoms with Gasteiger partial charge in [-0.3, -0.25) is 4.79 Å². The summed E-state index contributed by atoms with van der Waals surface area (Å²) in [6.07, 6.45) is 1.69. The lowest BCUT2D eigenvalue weighted by Crippen LogP contribution is -2.30. The van der Waals surface area contributed by atoms with Crippen LogP contribution in [-0.2, 0) is 4.79 Å². The van der Waals surface area contributed by atoms with Crippen LogP contribution in [0.5, 0.6) is 5.88 Å². The number of carboxylic acids is 1. The van der Waals surface area contributed by atoms with Crippen molar-refractivity contribution in [2.24, 2.45) is 0 Å². The van der Waals surface area contributed by atoms with Crippen molar-refractivity contribution in [2.45, 2.75) is 25.9 Å². The number of pyridine rings is 1. The first-order valence-electron chi connectivity index (χ1n) is 9.52. The maximum atomic E-state index is 11.5. The molecule has 4 rings (SSSR count). The normalized spacial score (nSPS) is 14.4. The molecule has 0 radical (unpaired) electrons. The zero-order valence-corrected chi connectivity index (χ0v) is 19.0. The van der Waals surface area contributed by atoms with Crippen LogP contribution in [0.25, 0.3) is 28.0 Å². The molecule has 7 heteroatoms. The van der Waals surface area contributed by atoms with Crippen molar-refractivity contribution in [3.8, 4) is 28.3 Å². The van der Waals surface area contributed by atoms with E-state index >= 15 is 0 Å². The molecule has 0 spiro atoms. The van der Waals surface area contributed by atoms with E-state index in [4.69, 9.17) is 44.5 Å². The van der Waals surface area contributed by atoms with Crippen LogP contribution in [-0.4, -0.2) is 21.7 Å². The fourth-order valence-corrected chi connectivity index (χ4v) is 4.25. The smallest absolute Gasteiger partial charge is 0.307 e. The van der Waals surface area contributed by atoms with Gasteiger partial charge >= 0.3 is 5.97 Å². The van der Waals surface area contributed by atoms with E-state index in [9.17, 15) is 9.90 Å². The number of halogens is 3. The summed E-state index contributed by atoms with van der Waals surface area (Å²) >= 11 is 18.7. The van der Waals surface area contributed by atoms with Gasteiger partial charge in [-0.25, -0.2) is 4.98 Å². The van der Waals surface area contributed by atoms with E-state index in [0.717, 1.165) is 11.1 Å². The predicted octanol–water partition coefficient (Wildman–Crippen LogP) is 7.40. The van der Waals surface area contributed by atoms with E-state index in [-0.39, 0.29) is 6.42 Å². The monoisotopic (exact) mass is 473 g/mol. The first-order chi connectivity index (χ1) is 14.6. The first kappa shape index (κ1) is 21.7. The highest BCUT2D eigenvalue weighted by molar-refractivity contribution is 6.36. The van der Waals surface area contributed by atoms with Crippen molar-refractivity contribution in [3.63, 3.8) is 0 Å². The molecule has 2 aromatic carbocycles. The quantitative estimate of drug-likeness (QED) is 0.428. The van der Waals surface area contributed by atoms with Gasteiger partial charge in [0.05, 0.1) is 17.1 Å². The summed E-state index contributed by atoms with van der Waals surface area (Å²) in [7, 11) is 0. The average Bonchev–Trinajstić information content (AvgIpc) is 2.67. The number of nitrogens with zero attached hydrogens (tertiary/aromatic N) is 1. The maximum Gasteiger partial charge on any atom is 0.307 e. The molecular formula is C24H18Cl3NO3. The van der Waals surface area contributed by atoms with E-state index in [0.29, 0.717) is 43.3 Å². The molecule has 158 valence electrons. The highest BCUT2D eigenvalue weighted by Gasteiger charge is 2.30. The van der Waals surface area contributed by atoms with Crippen LogP contribution in [0.4, 0.5) is 0 Å². The molecule has 0 amide bonds. The number of hydrogen-bond acceptors (Lipinski definition) is 3. The lowest BCUT2D eigenvalue weighted by Gasteiger charge is -2.31. The lowest BCUT2D eigenvalue weighted by molar-refractivity contribution is -0.135. The Hall–Kier alpha value is -2.53. The topological polar surface area (TPSA) is 59.4 Å². The number of aromatic nitrogens is 1. The van der Waals surface area contributed by atoms with Gasteiger partial charge in [0.2, 0.25) is 5.88 Å². The second-order valence-corrected chi connectivity index (χ2v) is 9.09. The second kappa shape index (κ2) is 8.19. The number of fused-ring (bicyclic) bond motifs is 1. The summed E-state index contributed by atoms with van der Waals surface area (Å²) in [5.41, 5.74) is 3.52. The number of rotatable bonds is 4. The second-order valence-electron chi connectivity index (χ2n) is 7.81. The van der Waals surface area contributed by atoms with E-state index in [1.54, 1.807) is 30.3 Å². The number of carboxylic acid groups (broad SMARTS) is 1. The molecule has 4 nitrogen and oxygen atoms in total. The van der Waals surface area contributed by atoms with Crippen LogP contribution in [0, 0.1) is 0 Å². The van der Waals surface area contributed by atoms with Crippen molar-refractivity contribution >= 4 is 46.3 Å². The molecule has 1 aliphatic heterocycles. The Morgan fingerprint density at radius 1 is 0.968 bits per heavy atom. The van der Waals surface area contributed by atoms with Gasteiger partial charge in [0.1, 0.15) is 5.60 Å². The Labute approximate surface area is 195 Å². The Morgan fingerprint density at radius 3 is 2.29 bits per heavy atom. The van der Waals surface area contributed by atoms with E-state index in [2.05, 4.69) is 0 Å². The zero-order valence-electron chi connectivity index (χ0n) is 16.7. The van der Waals surface area contributed by atoms with E-state index in [1.165, 1.54) is 0 Å². The number of hydrogen-bond donors (Lipinski definition) is 1. The number of aliphatic carboxylic acids is 1. The molecule has 31 heavy (non-hydrogen) atoms. The van der Waals surface area contributed by atoms with Gasteiger partial charge in [-0.2, -0.15) is 0 Å². The summed E-state index contributed by atoms with van der Waals surface area (Å²) in [5.74, 6) is -0.560. The Kier molecular flexibility index (Phi) is 5.73. The molecule has 0 bridgehead atoms. The third-order valence-corrected chi connectivity index (χ3v) is 5.70. The SMILES string of the molecule is CC1(C)C=C(CC(=O)O)c2cc(-c3ccc(Cl)cc3)c(-c3ccc(Cl)cc3Cl)nc2O1. The van der Waals surface area contributed by atoms with Crippen LogP contribution < -0.4 is 4.74 Å². The van der Waals surface area contributed by atoms with Crippen molar-refractivity contribution in [1.82, 2.24) is 4.98 Å². The number of ether oxygens (including phenoxy) is 1. The van der Waals surface area contributed by atoms with Gasteiger partial charge in [-0.05, 0) is 67.5 Å². The molecule has 2 heterocycles. The minimum absolute atomic E-state index is 0.136. The molecule has 1 aromatic heterocycles. The number of carbonyl (C=O) groups is 1. The summed E-state index contributed by atoms with van der Waals surface area (Å²) in [4.78, 5) is 16.3. The minimum atomic E-state index is -0.923. The highest BCUT2D eigenvalue weighted by Crippen LogP contribution is 2.44. The summed E-state index contributed by atoms with van der Waals surface area (Å²) in [5, 5.41) is 11.0. The third kappa shape index (κ3) is 4.57. The zero-order chi connectivity index (χ0) is 22.3. The Morgan fingerprint density at radius 2 is 1.65 bits per heavy atom. The molecular weight excluding hydrogens is 457 g/mol. The standard InChI is InChI=1S/C24H18Cl3NO3/c1-24(2)12-14(9-21(29)30)19-11-18(13-3-5-15(25)6-4-13)22(28-23(19)31-24)17-8-7-16(26)10-20(17)27/h3-8,10-12H,9H2,1-2H3,(H,29,30). The summed E-state index contributed by atoms with van der Waals surface area (Å²) in [6.45, 7) is 3.73. The van der Waals surface area contributed by atoms with Crippen LogP contribution >= 0.6 is 34.8 Å². The predicted molar refractivity (Wildman–Crippen MR) is 125 cm³/mol. The number of benzene rings is 2. The van der Waals surface area contributed by atoms with Crippen LogP contribution in [0.15, 0.2) is 54.6 Å².